The molecule has 0 spiro atoms. The third-order valence-corrected chi connectivity index (χ3v) is 6.21. The summed E-state index contributed by atoms with van der Waals surface area (Å²) >= 11 is 0. The maximum absolute atomic E-state index is 12.7. The standard InChI is InChI=1S/C21H33N3O/c1-17(18-8-12-22-13-9-18)16-21(25)24-14-10-20(11-15-24)23(2)19-6-4-3-5-7-19/h3-7,17-18,20,22H,8-16H2,1-2H3. The quantitative estimate of drug-likeness (QED) is 0.892. The van der Waals surface area contributed by atoms with E-state index in [1.165, 1.54) is 18.5 Å². The Bertz CT molecular complexity index is 533. The third kappa shape index (κ3) is 4.75. The highest BCUT2D eigenvalue weighted by atomic mass is 16.2. The zero-order chi connectivity index (χ0) is 17.6. The van der Waals surface area contributed by atoms with E-state index in [0.29, 0.717) is 23.8 Å². The number of nitrogens with one attached hydrogen (secondary N) is 1. The fourth-order valence-corrected chi connectivity index (χ4v) is 4.36. The summed E-state index contributed by atoms with van der Waals surface area (Å²) in [4.78, 5) is 17.2. The fourth-order valence-electron chi connectivity index (χ4n) is 4.36. The SMILES string of the molecule is CC(CC(=O)N1CCC(N(C)c2ccccc2)CC1)C1CCNCC1. The summed E-state index contributed by atoms with van der Waals surface area (Å²) in [5.41, 5.74) is 1.27. The number of likely N-dealkylation sites (tertiary alicyclic amines) is 1. The summed E-state index contributed by atoms with van der Waals surface area (Å²) in [6, 6.07) is 11.1. The van der Waals surface area contributed by atoms with E-state index in [4.69, 9.17) is 0 Å². The molecule has 0 aliphatic carbocycles. The topological polar surface area (TPSA) is 35.6 Å². The van der Waals surface area contributed by atoms with Gasteiger partial charge in [0.25, 0.3) is 0 Å². The van der Waals surface area contributed by atoms with Crippen LogP contribution in [0, 0.1) is 11.8 Å². The van der Waals surface area contributed by atoms with Crippen molar-refractivity contribution >= 4 is 11.6 Å². The Morgan fingerprint density at radius 1 is 1.16 bits per heavy atom. The van der Waals surface area contributed by atoms with Crippen LogP contribution < -0.4 is 10.2 Å². The van der Waals surface area contributed by atoms with Gasteiger partial charge in [0.2, 0.25) is 5.91 Å². The van der Waals surface area contributed by atoms with Crippen molar-refractivity contribution < 1.29 is 4.79 Å². The van der Waals surface area contributed by atoms with E-state index >= 15 is 0 Å². The molecule has 1 unspecified atom stereocenters. The van der Waals surface area contributed by atoms with E-state index in [1.54, 1.807) is 0 Å². The molecular formula is C21H33N3O. The number of rotatable bonds is 5. The molecule has 0 radical (unpaired) electrons. The molecule has 3 rings (SSSR count). The highest BCUT2D eigenvalue weighted by molar-refractivity contribution is 5.76. The van der Waals surface area contributed by atoms with E-state index in [9.17, 15) is 4.79 Å². The largest absolute Gasteiger partial charge is 0.371 e. The van der Waals surface area contributed by atoms with Crippen LogP contribution in [0.3, 0.4) is 0 Å². The van der Waals surface area contributed by atoms with Gasteiger partial charge in [-0.15, -0.1) is 0 Å². The predicted molar refractivity (Wildman–Crippen MR) is 104 cm³/mol. The van der Waals surface area contributed by atoms with Gasteiger partial charge in [0.15, 0.2) is 0 Å². The van der Waals surface area contributed by atoms with Crippen LogP contribution in [0.2, 0.25) is 0 Å². The van der Waals surface area contributed by atoms with Gasteiger partial charge in [-0.2, -0.15) is 0 Å². The molecular weight excluding hydrogens is 310 g/mol. The van der Waals surface area contributed by atoms with E-state index in [2.05, 4.69) is 59.4 Å². The molecule has 2 aliphatic heterocycles. The number of hydrogen-bond donors (Lipinski definition) is 1. The molecule has 1 amide bonds. The number of carbonyl (C=O) groups is 1. The van der Waals surface area contributed by atoms with Crippen molar-refractivity contribution in [1.82, 2.24) is 10.2 Å². The number of nitrogens with zero attached hydrogens (tertiary/aromatic N) is 2. The molecule has 1 atom stereocenters. The minimum Gasteiger partial charge on any atom is -0.371 e. The van der Waals surface area contributed by atoms with E-state index in [-0.39, 0.29) is 0 Å². The maximum atomic E-state index is 12.7. The normalized spacial score (nSPS) is 21.1. The molecule has 0 bridgehead atoms. The van der Waals surface area contributed by atoms with Crippen molar-refractivity contribution in [3.8, 4) is 0 Å². The summed E-state index contributed by atoms with van der Waals surface area (Å²) in [6.07, 6.45) is 5.30. The van der Waals surface area contributed by atoms with Gasteiger partial charge in [-0.3, -0.25) is 4.79 Å². The molecule has 2 aliphatic rings. The van der Waals surface area contributed by atoms with Gasteiger partial charge in [-0.25, -0.2) is 0 Å². The van der Waals surface area contributed by atoms with Crippen molar-refractivity contribution in [1.29, 1.82) is 0 Å². The monoisotopic (exact) mass is 343 g/mol. The first-order chi connectivity index (χ1) is 12.1. The zero-order valence-corrected chi connectivity index (χ0v) is 15.8. The van der Waals surface area contributed by atoms with Crippen molar-refractivity contribution in [2.24, 2.45) is 11.8 Å². The van der Waals surface area contributed by atoms with Crippen molar-refractivity contribution in [3.05, 3.63) is 30.3 Å². The summed E-state index contributed by atoms with van der Waals surface area (Å²) in [5.74, 6) is 1.60. The molecule has 138 valence electrons. The first kappa shape index (κ1) is 18.2. The van der Waals surface area contributed by atoms with E-state index < -0.39 is 0 Å². The van der Waals surface area contributed by atoms with Crippen LogP contribution in [-0.4, -0.2) is 50.1 Å². The van der Waals surface area contributed by atoms with Crippen molar-refractivity contribution in [3.63, 3.8) is 0 Å². The predicted octanol–water partition coefficient (Wildman–Crippen LogP) is 3.14. The summed E-state index contributed by atoms with van der Waals surface area (Å²) in [7, 11) is 2.18. The molecule has 4 heteroatoms. The first-order valence-corrected chi connectivity index (χ1v) is 9.91. The number of amides is 1. The molecule has 4 nitrogen and oxygen atoms in total. The fraction of sp³-hybridized carbons (Fsp3) is 0.667. The Balaban J connectivity index is 1.46. The van der Waals surface area contributed by atoms with Gasteiger partial charge in [0, 0.05) is 38.3 Å². The number of para-hydroxylation sites is 1. The van der Waals surface area contributed by atoms with E-state index in [0.717, 1.165) is 45.4 Å². The lowest BCUT2D eigenvalue weighted by Gasteiger charge is -2.38. The van der Waals surface area contributed by atoms with Crippen molar-refractivity contribution in [2.45, 2.75) is 45.1 Å². The lowest BCUT2D eigenvalue weighted by molar-refractivity contribution is -0.133. The van der Waals surface area contributed by atoms with Crippen LogP contribution in [0.25, 0.3) is 0 Å². The molecule has 1 N–H and O–H groups in total. The van der Waals surface area contributed by atoms with Crippen LogP contribution in [0.4, 0.5) is 5.69 Å². The molecule has 25 heavy (non-hydrogen) atoms. The molecule has 2 fully saturated rings. The van der Waals surface area contributed by atoms with Gasteiger partial charge in [0.05, 0.1) is 0 Å². The average molecular weight is 344 g/mol. The second-order valence-corrected chi connectivity index (χ2v) is 7.83. The Hall–Kier alpha value is -1.55. The zero-order valence-electron chi connectivity index (χ0n) is 15.8. The number of benzene rings is 1. The number of hydrogen-bond acceptors (Lipinski definition) is 3. The Morgan fingerprint density at radius 3 is 2.44 bits per heavy atom. The summed E-state index contributed by atoms with van der Waals surface area (Å²) < 4.78 is 0. The van der Waals surface area contributed by atoms with Gasteiger partial charge < -0.3 is 15.1 Å². The summed E-state index contributed by atoms with van der Waals surface area (Å²) in [6.45, 7) is 6.30. The average Bonchev–Trinajstić information content (AvgIpc) is 2.69. The van der Waals surface area contributed by atoms with Gasteiger partial charge in [-0.05, 0) is 62.7 Å². The molecule has 1 aromatic rings. The molecule has 1 aromatic carbocycles. The highest BCUT2D eigenvalue weighted by Crippen LogP contribution is 2.26. The second-order valence-electron chi connectivity index (χ2n) is 7.83. The second kappa shape index (κ2) is 8.70. The van der Waals surface area contributed by atoms with Crippen LogP contribution in [0.5, 0.6) is 0 Å². The highest BCUT2D eigenvalue weighted by Gasteiger charge is 2.28. The van der Waals surface area contributed by atoms with Crippen LogP contribution in [-0.2, 0) is 4.79 Å². The Morgan fingerprint density at radius 2 is 1.80 bits per heavy atom. The summed E-state index contributed by atoms with van der Waals surface area (Å²) in [5, 5.41) is 3.42. The maximum Gasteiger partial charge on any atom is 0.222 e. The Labute approximate surface area is 152 Å². The number of anilines is 1. The number of carbonyl (C=O) groups excluding carboxylic acids is 1. The van der Waals surface area contributed by atoms with Gasteiger partial charge in [0.1, 0.15) is 0 Å². The Kier molecular flexibility index (Phi) is 6.35. The lowest BCUT2D eigenvalue weighted by Crippen LogP contribution is -2.46. The minimum atomic E-state index is 0.367. The van der Waals surface area contributed by atoms with Gasteiger partial charge >= 0.3 is 0 Å². The smallest absolute Gasteiger partial charge is 0.222 e. The number of piperidine rings is 2. The third-order valence-electron chi connectivity index (χ3n) is 6.21. The molecule has 0 saturated carbocycles. The molecule has 2 saturated heterocycles. The van der Waals surface area contributed by atoms with Crippen LogP contribution in [0.1, 0.15) is 39.0 Å². The first-order valence-electron chi connectivity index (χ1n) is 9.91. The molecule has 2 heterocycles. The van der Waals surface area contributed by atoms with E-state index in [1.807, 2.05) is 0 Å². The minimum absolute atomic E-state index is 0.367. The molecule has 0 aromatic heterocycles. The van der Waals surface area contributed by atoms with Crippen molar-refractivity contribution in [2.75, 3.05) is 38.1 Å². The lowest BCUT2D eigenvalue weighted by atomic mass is 9.84. The van der Waals surface area contributed by atoms with Crippen LogP contribution in [0.15, 0.2) is 30.3 Å². The van der Waals surface area contributed by atoms with Gasteiger partial charge in [-0.1, -0.05) is 25.1 Å². The van der Waals surface area contributed by atoms with Crippen LogP contribution >= 0.6 is 0 Å².